The smallest absolute Gasteiger partial charge is 0.227 e. The monoisotopic (exact) mass is 264 g/mol. The maximum atomic E-state index is 12.0. The highest BCUT2D eigenvalue weighted by Gasteiger charge is 2.14. The Morgan fingerprint density at radius 2 is 1.89 bits per heavy atom. The van der Waals surface area contributed by atoms with Gasteiger partial charge in [-0.25, -0.2) is 0 Å². The van der Waals surface area contributed by atoms with E-state index in [2.05, 4.69) is 17.6 Å². The van der Waals surface area contributed by atoms with Gasteiger partial charge < -0.3 is 15.4 Å². The molecule has 0 unspecified atom stereocenters. The van der Waals surface area contributed by atoms with Gasteiger partial charge in [-0.2, -0.15) is 0 Å². The van der Waals surface area contributed by atoms with E-state index in [1.54, 1.807) is 7.11 Å². The minimum Gasteiger partial charge on any atom is -0.497 e. The molecule has 0 aliphatic heterocycles. The van der Waals surface area contributed by atoms with E-state index >= 15 is 0 Å². The van der Waals surface area contributed by atoms with Gasteiger partial charge in [0.1, 0.15) is 5.75 Å². The molecule has 0 fully saturated rings. The van der Waals surface area contributed by atoms with E-state index in [0.29, 0.717) is 6.54 Å². The molecule has 4 heteroatoms. The molecule has 2 N–H and O–H groups in total. The lowest BCUT2D eigenvalue weighted by atomic mass is 10.0. The average Bonchev–Trinajstić information content (AvgIpc) is 2.46. The molecule has 0 radical (unpaired) electrons. The second kappa shape index (κ2) is 8.53. The predicted octanol–water partition coefficient (Wildman–Crippen LogP) is 1.91. The Bertz CT molecular complexity index is 376. The fourth-order valence-corrected chi connectivity index (χ4v) is 1.77. The van der Waals surface area contributed by atoms with Gasteiger partial charge in [-0.3, -0.25) is 4.79 Å². The number of carbonyl (C=O) groups excluding carboxylic acids is 1. The molecule has 0 saturated carbocycles. The van der Waals surface area contributed by atoms with Gasteiger partial charge in [0, 0.05) is 13.1 Å². The topological polar surface area (TPSA) is 50.4 Å². The van der Waals surface area contributed by atoms with Crippen molar-refractivity contribution in [1.82, 2.24) is 10.6 Å². The molecule has 0 aliphatic carbocycles. The van der Waals surface area contributed by atoms with Gasteiger partial charge in [-0.1, -0.05) is 19.1 Å². The van der Waals surface area contributed by atoms with Crippen LogP contribution in [0.1, 0.15) is 31.7 Å². The molecule has 0 aromatic heterocycles. The van der Waals surface area contributed by atoms with Gasteiger partial charge in [0.05, 0.1) is 13.0 Å². The summed E-state index contributed by atoms with van der Waals surface area (Å²) in [6.45, 7) is 6.51. The van der Waals surface area contributed by atoms with Crippen molar-refractivity contribution in [3.63, 3.8) is 0 Å². The minimum absolute atomic E-state index is 0.0588. The highest BCUT2D eigenvalue weighted by molar-refractivity contribution is 5.83. The van der Waals surface area contributed by atoms with Crippen molar-refractivity contribution in [3.05, 3.63) is 29.8 Å². The van der Waals surface area contributed by atoms with Crippen molar-refractivity contribution in [2.24, 2.45) is 0 Å². The second-order valence-corrected chi connectivity index (χ2v) is 4.54. The Labute approximate surface area is 115 Å². The number of rotatable bonds is 8. The minimum atomic E-state index is -0.142. The molecule has 0 bridgehead atoms. The third-order valence-corrected chi connectivity index (χ3v) is 3.04. The molecule has 0 saturated heterocycles. The quantitative estimate of drug-likeness (QED) is 0.705. The van der Waals surface area contributed by atoms with Crippen LogP contribution in [0.15, 0.2) is 24.3 Å². The molecule has 1 atom stereocenters. The van der Waals surface area contributed by atoms with E-state index in [0.717, 1.165) is 30.8 Å². The molecule has 1 aromatic carbocycles. The number of hydrogen-bond acceptors (Lipinski definition) is 3. The van der Waals surface area contributed by atoms with Crippen LogP contribution >= 0.6 is 0 Å². The maximum Gasteiger partial charge on any atom is 0.227 e. The van der Waals surface area contributed by atoms with Crippen LogP contribution in [0.5, 0.6) is 5.75 Å². The second-order valence-electron chi connectivity index (χ2n) is 4.54. The van der Waals surface area contributed by atoms with Crippen LogP contribution in [-0.2, 0) is 4.79 Å². The van der Waals surface area contributed by atoms with Gasteiger partial charge in [0.15, 0.2) is 0 Å². The van der Waals surface area contributed by atoms with Crippen molar-refractivity contribution in [1.29, 1.82) is 0 Å². The van der Waals surface area contributed by atoms with E-state index in [1.165, 1.54) is 0 Å². The Morgan fingerprint density at radius 1 is 1.21 bits per heavy atom. The maximum absolute atomic E-state index is 12.0. The zero-order valence-corrected chi connectivity index (χ0v) is 12.0. The first-order chi connectivity index (χ1) is 9.19. The normalized spacial score (nSPS) is 11.9. The number of methoxy groups -OCH3 is 1. The molecule has 4 nitrogen and oxygen atoms in total. The number of hydrogen-bond donors (Lipinski definition) is 2. The predicted molar refractivity (Wildman–Crippen MR) is 77.6 cm³/mol. The molecule has 0 heterocycles. The molecule has 0 spiro atoms. The highest BCUT2D eigenvalue weighted by Crippen LogP contribution is 2.18. The third kappa shape index (κ3) is 5.30. The van der Waals surface area contributed by atoms with Gasteiger partial charge in [0.25, 0.3) is 0 Å². The first-order valence-electron chi connectivity index (χ1n) is 6.81. The van der Waals surface area contributed by atoms with E-state index in [-0.39, 0.29) is 11.8 Å². The number of ether oxygens (including phenoxy) is 1. The van der Waals surface area contributed by atoms with E-state index < -0.39 is 0 Å². The van der Waals surface area contributed by atoms with Crippen molar-refractivity contribution in [2.45, 2.75) is 26.2 Å². The Hall–Kier alpha value is -1.55. The summed E-state index contributed by atoms with van der Waals surface area (Å²) in [7, 11) is 1.63. The van der Waals surface area contributed by atoms with E-state index in [9.17, 15) is 4.79 Å². The molecular formula is C15H24N2O2. The first-order valence-corrected chi connectivity index (χ1v) is 6.81. The van der Waals surface area contributed by atoms with Gasteiger partial charge in [-0.15, -0.1) is 0 Å². The third-order valence-electron chi connectivity index (χ3n) is 3.04. The van der Waals surface area contributed by atoms with Crippen molar-refractivity contribution in [2.75, 3.05) is 26.7 Å². The SMILES string of the molecule is CCCNCCNC(=O)[C@@H](C)c1ccc(OC)cc1. The Morgan fingerprint density at radius 3 is 2.47 bits per heavy atom. The number of benzene rings is 1. The Kier molecular flexibility index (Phi) is 6.97. The van der Waals surface area contributed by atoms with Gasteiger partial charge in [-0.05, 0) is 37.6 Å². The van der Waals surface area contributed by atoms with Crippen LogP contribution in [0.25, 0.3) is 0 Å². The zero-order chi connectivity index (χ0) is 14.1. The van der Waals surface area contributed by atoms with Crippen LogP contribution in [0.4, 0.5) is 0 Å². The molecule has 19 heavy (non-hydrogen) atoms. The summed E-state index contributed by atoms with van der Waals surface area (Å²) < 4.78 is 5.10. The standard InChI is InChI=1S/C15H24N2O2/c1-4-9-16-10-11-17-15(18)12(2)13-5-7-14(19-3)8-6-13/h5-8,12,16H,4,9-11H2,1-3H3,(H,17,18)/t12-/m0/s1. The summed E-state index contributed by atoms with van der Waals surface area (Å²) in [6, 6.07) is 7.61. The fourth-order valence-electron chi connectivity index (χ4n) is 1.77. The largest absolute Gasteiger partial charge is 0.497 e. The van der Waals surface area contributed by atoms with Crippen molar-refractivity contribution >= 4 is 5.91 Å². The molecule has 0 aliphatic rings. The van der Waals surface area contributed by atoms with Crippen LogP contribution in [-0.4, -0.2) is 32.7 Å². The summed E-state index contributed by atoms with van der Waals surface area (Å²) in [5.74, 6) is 0.723. The summed E-state index contributed by atoms with van der Waals surface area (Å²) in [5.41, 5.74) is 1.000. The number of nitrogens with one attached hydrogen (secondary N) is 2. The van der Waals surface area contributed by atoms with Crippen molar-refractivity contribution < 1.29 is 9.53 Å². The van der Waals surface area contributed by atoms with Crippen LogP contribution in [0, 0.1) is 0 Å². The first kappa shape index (κ1) is 15.5. The summed E-state index contributed by atoms with van der Waals surface area (Å²) >= 11 is 0. The van der Waals surface area contributed by atoms with E-state index in [4.69, 9.17) is 4.74 Å². The molecular weight excluding hydrogens is 240 g/mol. The summed E-state index contributed by atoms with van der Waals surface area (Å²) in [4.78, 5) is 12.0. The lowest BCUT2D eigenvalue weighted by Gasteiger charge is -2.13. The van der Waals surface area contributed by atoms with Crippen molar-refractivity contribution in [3.8, 4) is 5.75 Å². The van der Waals surface area contributed by atoms with Gasteiger partial charge >= 0.3 is 0 Å². The fraction of sp³-hybridized carbons (Fsp3) is 0.533. The van der Waals surface area contributed by atoms with Gasteiger partial charge in [0.2, 0.25) is 5.91 Å². The number of amides is 1. The molecule has 1 aromatic rings. The molecule has 106 valence electrons. The Balaban J connectivity index is 2.38. The van der Waals surface area contributed by atoms with Crippen LogP contribution in [0.2, 0.25) is 0 Å². The lowest BCUT2D eigenvalue weighted by molar-refractivity contribution is -0.122. The summed E-state index contributed by atoms with van der Waals surface area (Å²) in [5, 5.41) is 6.19. The number of carbonyl (C=O) groups is 1. The van der Waals surface area contributed by atoms with Crippen LogP contribution in [0.3, 0.4) is 0 Å². The van der Waals surface area contributed by atoms with Crippen LogP contribution < -0.4 is 15.4 Å². The molecule has 1 rings (SSSR count). The van der Waals surface area contributed by atoms with E-state index in [1.807, 2.05) is 31.2 Å². The molecule has 1 amide bonds. The average molecular weight is 264 g/mol. The lowest BCUT2D eigenvalue weighted by Crippen LogP contribution is -2.34. The zero-order valence-electron chi connectivity index (χ0n) is 12.0. The summed E-state index contributed by atoms with van der Waals surface area (Å²) in [6.07, 6.45) is 1.11. The highest BCUT2D eigenvalue weighted by atomic mass is 16.5.